The van der Waals surface area contributed by atoms with Gasteiger partial charge >= 0.3 is 0 Å². The second-order valence-electron chi connectivity index (χ2n) is 6.46. The van der Waals surface area contributed by atoms with Crippen molar-refractivity contribution in [1.82, 2.24) is 10.6 Å². The lowest BCUT2D eigenvalue weighted by molar-refractivity contribution is -0.128. The summed E-state index contributed by atoms with van der Waals surface area (Å²) < 4.78 is 0. The van der Waals surface area contributed by atoms with Crippen molar-refractivity contribution >= 4 is 5.91 Å². The first kappa shape index (κ1) is 14.8. The highest BCUT2D eigenvalue weighted by Crippen LogP contribution is 2.29. The monoisotopic (exact) mass is 266 g/mol. The molecule has 1 aliphatic heterocycles. The van der Waals surface area contributed by atoms with Crippen molar-refractivity contribution < 1.29 is 4.79 Å². The van der Waals surface area contributed by atoms with Crippen molar-refractivity contribution in [2.24, 2.45) is 5.92 Å². The van der Waals surface area contributed by atoms with E-state index in [0.717, 1.165) is 38.1 Å². The third kappa shape index (κ3) is 3.50. The van der Waals surface area contributed by atoms with E-state index in [1.165, 1.54) is 32.1 Å². The normalized spacial score (nSPS) is 35.3. The van der Waals surface area contributed by atoms with Crippen LogP contribution in [-0.4, -0.2) is 24.0 Å². The lowest BCUT2D eigenvalue weighted by Gasteiger charge is -2.33. The van der Waals surface area contributed by atoms with Crippen LogP contribution in [0.5, 0.6) is 0 Å². The standard InChI is InChI=1S/C16H30N2O/c1-3-10-16(11-5-12-17-16)15(19)18-14-8-6-13(4-2)7-9-14/h13-14,17H,3-12H2,1-2H3,(H,18,19). The molecule has 0 aromatic rings. The summed E-state index contributed by atoms with van der Waals surface area (Å²) in [6.45, 7) is 5.44. The topological polar surface area (TPSA) is 41.1 Å². The largest absolute Gasteiger partial charge is 0.352 e. The van der Waals surface area contributed by atoms with E-state index in [1.807, 2.05) is 0 Å². The molecule has 2 N–H and O–H groups in total. The molecule has 110 valence electrons. The summed E-state index contributed by atoms with van der Waals surface area (Å²) in [5.41, 5.74) is -0.254. The summed E-state index contributed by atoms with van der Waals surface area (Å²) in [5.74, 6) is 1.16. The number of carbonyl (C=O) groups excluding carboxylic acids is 1. The van der Waals surface area contributed by atoms with Crippen LogP contribution >= 0.6 is 0 Å². The molecule has 1 saturated heterocycles. The third-order valence-electron chi connectivity index (χ3n) is 5.11. The van der Waals surface area contributed by atoms with Crippen LogP contribution in [-0.2, 0) is 4.79 Å². The Labute approximate surface area is 117 Å². The quantitative estimate of drug-likeness (QED) is 0.803. The number of rotatable bonds is 5. The fourth-order valence-corrected chi connectivity index (χ4v) is 3.79. The molecule has 0 spiro atoms. The average molecular weight is 266 g/mol. The SMILES string of the molecule is CCCC1(C(=O)NC2CCC(CC)CC2)CCCN1. The zero-order chi connectivity index (χ0) is 13.7. The van der Waals surface area contributed by atoms with Crippen LogP contribution in [0.3, 0.4) is 0 Å². The van der Waals surface area contributed by atoms with E-state index in [-0.39, 0.29) is 11.4 Å². The van der Waals surface area contributed by atoms with E-state index in [1.54, 1.807) is 0 Å². The van der Waals surface area contributed by atoms with E-state index >= 15 is 0 Å². The van der Waals surface area contributed by atoms with Crippen molar-refractivity contribution in [3.63, 3.8) is 0 Å². The molecule has 0 aromatic heterocycles. The van der Waals surface area contributed by atoms with Gasteiger partial charge in [0, 0.05) is 6.04 Å². The van der Waals surface area contributed by atoms with Gasteiger partial charge in [-0.2, -0.15) is 0 Å². The van der Waals surface area contributed by atoms with Gasteiger partial charge in [0.15, 0.2) is 0 Å². The van der Waals surface area contributed by atoms with Gasteiger partial charge in [0.05, 0.1) is 5.54 Å². The summed E-state index contributed by atoms with van der Waals surface area (Å²) in [4.78, 5) is 12.6. The van der Waals surface area contributed by atoms with Crippen LogP contribution in [0.4, 0.5) is 0 Å². The van der Waals surface area contributed by atoms with Gasteiger partial charge in [0.1, 0.15) is 0 Å². The van der Waals surface area contributed by atoms with Gasteiger partial charge in [-0.15, -0.1) is 0 Å². The number of hydrogen-bond donors (Lipinski definition) is 2. The Morgan fingerprint density at radius 3 is 2.53 bits per heavy atom. The number of carbonyl (C=O) groups is 1. The van der Waals surface area contributed by atoms with Gasteiger partial charge in [-0.3, -0.25) is 4.79 Å². The Balaban J connectivity index is 1.86. The lowest BCUT2D eigenvalue weighted by Crippen LogP contribution is -2.56. The van der Waals surface area contributed by atoms with Gasteiger partial charge in [-0.1, -0.05) is 26.7 Å². The van der Waals surface area contributed by atoms with Crippen molar-refractivity contribution in [1.29, 1.82) is 0 Å². The first-order valence-electron chi connectivity index (χ1n) is 8.26. The van der Waals surface area contributed by atoms with Crippen LogP contribution in [0.1, 0.15) is 71.6 Å². The predicted molar refractivity (Wildman–Crippen MR) is 79.1 cm³/mol. The van der Waals surface area contributed by atoms with Crippen LogP contribution in [0, 0.1) is 5.92 Å². The van der Waals surface area contributed by atoms with Crippen LogP contribution in [0.15, 0.2) is 0 Å². The van der Waals surface area contributed by atoms with Gasteiger partial charge in [-0.05, 0) is 57.4 Å². The first-order chi connectivity index (χ1) is 9.20. The van der Waals surface area contributed by atoms with Crippen LogP contribution in [0.25, 0.3) is 0 Å². The summed E-state index contributed by atoms with van der Waals surface area (Å²) in [5, 5.41) is 6.80. The molecule has 0 radical (unpaired) electrons. The van der Waals surface area contributed by atoms with Crippen molar-refractivity contribution in [2.45, 2.75) is 83.2 Å². The molecule has 1 atom stereocenters. The Bertz CT molecular complexity index is 289. The maximum Gasteiger partial charge on any atom is 0.240 e. The molecular formula is C16H30N2O. The number of amides is 1. The van der Waals surface area contributed by atoms with Gasteiger partial charge in [0.25, 0.3) is 0 Å². The van der Waals surface area contributed by atoms with Crippen LogP contribution in [0.2, 0.25) is 0 Å². The summed E-state index contributed by atoms with van der Waals surface area (Å²) in [6.07, 6.45) is 10.4. The minimum Gasteiger partial charge on any atom is -0.352 e. The fourth-order valence-electron chi connectivity index (χ4n) is 3.79. The minimum absolute atomic E-state index is 0.254. The van der Waals surface area contributed by atoms with E-state index in [4.69, 9.17) is 0 Å². The molecule has 1 heterocycles. The van der Waals surface area contributed by atoms with E-state index in [9.17, 15) is 4.79 Å². The average Bonchev–Trinajstić information content (AvgIpc) is 2.90. The minimum atomic E-state index is -0.254. The zero-order valence-corrected chi connectivity index (χ0v) is 12.6. The molecule has 2 aliphatic rings. The van der Waals surface area contributed by atoms with E-state index in [2.05, 4.69) is 24.5 Å². The molecule has 1 aliphatic carbocycles. The molecule has 19 heavy (non-hydrogen) atoms. The highest BCUT2D eigenvalue weighted by molar-refractivity contribution is 5.86. The maximum absolute atomic E-state index is 12.6. The molecule has 2 fully saturated rings. The van der Waals surface area contributed by atoms with E-state index in [0.29, 0.717) is 6.04 Å². The molecule has 3 heteroatoms. The van der Waals surface area contributed by atoms with Gasteiger partial charge in [0.2, 0.25) is 5.91 Å². The Morgan fingerprint density at radius 1 is 1.26 bits per heavy atom. The molecule has 1 amide bonds. The molecule has 1 unspecified atom stereocenters. The first-order valence-corrected chi connectivity index (χ1v) is 8.26. The second-order valence-corrected chi connectivity index (χ2v) is 6.46. The Hall–Kier alpha value is -0.570. The molecule has 2 rings (SSSR count). The molecule has 0 aromatic carbocycles. The van der Waals surface area contributed by atoms with E-state index < -0.39 is 0 Å². The highest BCUT2D eigenvalue weighted by atomic mass is 16.2. The predicted octanol–water partition coefficient (Wildman–Crippen LogP) is 2.99. The number of hydrogen-bond acceptors (Lipinski definition) is 2. The molecule has 1 saturated carbocycles. The van der Waals surface area contributed by atoms with Crippen molar-refractivity contribution in [3.05, 3.63) is 0 Å². The zero-order valence-electron chi connectivity index (χ0n) is 12.6. The fraction of sp³-hybridized carbons (Fsp3) is 0.938. The van der Waals surface area contributed by atoms with Crippen molar-refractivity contribution in [2.75, 3.05) is 6.54 Å². The smallest absolute Gasteiger partial charge is 0.240 e. The second kappa shape index (κ2) is 6.74. The maximum atomic E-state index is 12.6. The highest BCUT2D eigenvalue weighted by Gasteiger charge is 2.40. The van der Waals surface area contributed by atoms with Gasteiger partial charge in [-0.25, -0.2) is 0 Å². The molecular weight excluding hydrogens is 236 g/mol. The third-order valence-corrected chi connectivity index (χ3v) is 5.11. The summed E-state index contributed by atoms with van der Waals surface area (Å²) in [7, 11) is 0. The van der Waals surface area contributed by atoms with Crippen molar-refractivity contribution in [3.8, 4) is 0 Å². The lowest BCUT2D eigenvalue weighted by atomic mass is 9.83. The Morgan fingerprint density at radius 2 is 2.00 bits per heavy atom. The summed E-state index contributed by atoms with van der Waals surface area (Å²) >= 11 is 0. The molecule has 3 nitrogen and oxygen atoms in total. The Kier molecular flexibility index (Phi) is 5.26. The molecule has 0 bridgehead atoms. The number of nitrogens with one attached hydrogen (secondary N) is 2. The van der Waals surface area contributed by atoms with Crippen LogP contribution < -0.4 is 10.6 Å². The summed E-state index contributed by atoms with van der Waals surface area (Å²) in [6, 6.07) is 0.423. The van der Waals surface area contributed by atoms with Gasteiger partial charge < -0.3 is 10.6 Å².